The zero-order valence-corrected chi connectivity index (χ0v) is 10.0. The predicted octanol–water partition coefficient (Wildman–Crippen LogP) is 1.87. The smallest absolute Gasteiger partial charge is 0.308 e. The molecule has 1 aliphatic carbocycles. The van der Waals surface area contributed by atoms with Crippen molar-refractivity contribution in [2.75, 3.05) is 13.7 Å². The van der Waals surface area contributed by atoms with Crippen LogP contribution in [-0.2, 0) is 19.0 Å². The van der Waals surface area contributed by atoms with Crippen LogP contribution in [0.5, 0.6) is 0 Å². The molecule has 2 fully saturated rings. The summed E-state index contributed by atoms with van der Waals surface area (Å²) in [5.74, 6) is -0.107. The van der Waals surface area contributed by atoms with Crippen molar-refractivity contribution >= 4 is 5.97 Å². The van der Waals surface area contributed by atoms with E-state index in [4.69, 9.17) is 14.2 Å². The highest BCUT2D eigenvalue weighted by Crippen LogP contribution is 2.42. The normalized spacial score (nSPS) is 38.9. The van der Waals surface area contributed by atoms with E-state index in [9.17, 15) is 4.79 Å². The second-order valence-electron chi connectivity index (χ2n) is 4.99. The number of hydrogen-bond donors (Lipinski definition) is 0. The molecule has 0 amide bonds. The molecule has 16 heavy (non-hydrogen) atoms. The number of hydrogen-bond acceptors (Lipinski definition) is 4. The van der Waals surface area contributed by atoms with E-state index in [1.807, 2.05) is 6.92 Å². The Morgan fingerprint density at radius 2 is 2.12 bits per heavy atom. The summed E-state index contributed by atoms with van der Waals surface area (Å²) in [5, 5.41) is 0. The van der Waals surface area contributed by atoms with Crippen LogP contribution < -0.4 is 0 Å². The van der Waals surface area contributed by atoms with Gasteiger partial charge in [-0.2, -0.15) is 0 Å². The second-order valence-corrected chi connectivity index (χ2v) is 4.99. The molecule has 0 aromatic carbocycles. The van der Waals surface area contributed by atoms with Gasteiger partial charge in [-0.15, -0.1) is 0 Å². The lowest BCUT2D eigenvalue weighted by Gasteiger charge is -2.45. The highest BCUT2D eigenvalue weighted by Gasteiger charge is 2.47. The molecule has 4 nitrogen and oxygen atoms in total. The van der Waals surface area contributed by atoms with E-state index < -0.39 is 0 Å². The SMILES string of the molecule is COC(=O)C1CC(C)(OC2CCCCO2)C1. The van der Waals surface area contributed by atoms with Gasteiger partial charge in [0.25, 0.3) is 0 Å². The largest absolute Gasteiger partial charge is 0.469 e. The van der Waals surface area contributed by atoms with Crippen LogP contribution in [0.25, 0.3) is 0 Å². The van der Waals surface area contributed by atoms with E-state index in [1.165, 1.54) is 13.5 Å². The molecule has 1 saturated heterocycles. The van der Waals surface area contributed by atoms with Gasteiger partial charge in [-0.3, -0.25) is 4.79 Å². The summed E-state index contributed by atoms with van der Waals surface area (Å²) in [6, 6.07) is 0. The topological polar surface area (TPSA) is 44.8 Å². The number of carbonyl (C=O) groups excluding carboxylic acids is 1. The molecule has 0 N–H and O–H groups in total. The Morgan fingerprint density at radius 3 is 2.69 bits per heavy atom. The van der Waals surface area contributed by atoms with Crippen LogP contribution in [0.4, 0.5) is 0 Å². The van der Waals surface area contributed by atoms with Crippen LogP contribution in [-0.4, -0.2) is 31.6 Å². The molecule has 2 rings (SSSR count). The van der Waals surface area contributed by atoms with Gasteiger partial charge in [0.05, 0.1) is 18.6 Å². The third kappa shape index (κ3) is 2.55. The summed E-state index contributed by atoms with van der Waals surface area (Å²) in [5.41, 5.74) is -0.194. The Labute approximate surface area is 96.2 Å². The van der Waals surface area contributed by atoms with Crippen molar-refractivity contribution in [1.82, 2.24) is 0 Å². The molecule has 92 valence electrons. The summed E-state index contributed by atoms with van der Waals surface area (Å²) in [6.07, 6.45) is 4.69. The minimum Gasteiger partial charge on any atom is -0.469 e. The number of rotatable bonds is 3. The lowest BCUT2D eigenvalue weighted by Crippen LogP contribution is -2.49. The van der Waals surface area contributed by atoms with Crippen molar-refractivity contribution in [3.05, 3.63) is 0 Å². The van der Waals surface area contributed by atoms with Gasteiger partial charge in [0.15, 0.2) is 6.29 Å². The van der Waals surface area contributed by atoms with E-state index in [2.05, 4.69) is 0 Å². The zero-order chi connectivity index (χ0) is 11.6. The van der Waals surface area contributed by atoms with Crippen LogP contribution >= 0.6 is 0 Å². The Morgan fingerprint density at radius 1 is 1.38 bits per heavy atom. The molecular weight excluding hydrogens is 208 g/mol. The first-order valence-corrected chi connectivity index (χ1v) is 6.00. The third-order valence-electron chi connectivity index (χ3n) is 3.44. The Hall–Kier alpha value is -0.610. The first-order valence-electron chi connectivity index (χ1n) is 6.00. The van der Waals surface area contributed by atoms with Crippen molar-refractivity contribution in [2.45, 2.75) is 50.9 Å². The van der Waals surface area contributed by atoms with Gasteiger partial charge in [0, 0.05) is 6.61 Å². The highest BCUT2D eigenvalue weighted by atomic mass is 16.7. The maximum Gasteiger partial charge on any atom is 0.308 e. The average Bonchev–Trinajstić information content (AvgIpc) is 2.26. The average molecular weight is 228 g/mol. The Bertz CT molecular complexity index is 252. The first kappa shape index (κ1) is 11.9. The van der Waals surface area contributed by atoms with E-state index in [-0.39, 0.29) is 23.8 Å². The van der Waals surface area contributed by atoms with Gasteiger partial charge in [-0.05, 0) is 39.0 Å². The fourth-order valence-corrected chi connectivity index (χ4v) is 2.53. The van der Waals surface area contributed by atoms with Crippen molar-refractivity contribution in [1.29, 1.82) is 0 Å². The van der Waals surface area contributed by atoms with Crippen molar-refractivity contribution in [3.63, 3.8) is 0 Å². The van der Waals surface area contributed by atoms with Crippen molar-refractivity contribution in [2.24, 2.45) is 5.92 Å². The number of ether oxygens (including phenoxy) is 3. The minimum absolute atomic E-state index is 0.0126. The maximum atomic E-state index is 11.3. The van der Waals surface area contributed by atoms with E-state index in [0.29, 0.717) is 0 Å². The molecule has 0 aromatic rings. The fourth-order valence-electron chi connectivity index (χ4n) is 2.53. The number of esters is 1. The molecule has 2 aliphatic rings. The number of methoxy groups -OCH3 is 1. The molecule has 0 bridgehead atoms. The standard InChI is InChI=1S/C12H20O4/c1-12(7-9(8-12)11(13)14-2)16-10-5-3-4-6-15-10/h9-10H,3-8H2,1-2H3. The lowest BCUT2D eigenvalue weighted by atomic mass is 9.72. The quantitative estimate of drug-likeness (QED) is 0.692. The van der Waals surface area contributed by atoms with Crippen LogP contribution in [0.2, 0.25) is 0 Å². The maximum absolute atomic E-state index is 11.3. The molecule has 1 unspecified atom stereocenters. The summed E-state index contributed by atoms with van der Waals surface area (Å²) in [6.45, 7) is 2.84. The summed E-state index contributed by atoms with van der Waals surface area (Å²) >= 11 is 0. The highest BCUT2D eigenvalue weighted by molar-refractivity contribution is 5.73. The summed E-state index contributed by atoms with van der Waals surface area (Å²) < 4.78 is 16.2. The molecule has 0 aromatic heterocycles. The van der Waals surface area contributed by atoms with Gasteiger partial charge >= 0.3 is 5.97 Å². The van der Waals surface area contributed by atoms with Gasteiger partial charge in [0.2, 0.25) is 0 Å². The van der Waals surface area contributed by atoms with Crippen molar-refractivity contribution < 1.29 is 19.0 Å². The minimum atomic E-state index is -0.194. The van der Waals surface area contributed by atoms with Gasteiger partial charge < -0.3 is 14.2 Å². The Balaban J connectivity index is 1.76. The summed E-state index contributed by atoms with van der Waals surface area (Å²) in [7, 11) is 1.43. The predicted molar refractivity (Wildman–Crippen MR) is 57.8 cm³/mol. The molecular formula is C12H20O4. The van der Waals surface area contributed by atoms with Gasteiger partial charge in [-0.1, -0.05) is 0 Å². The molecule has 0 spiro atoms. The molecule has 4 heteroatoms. The van der Waals surface area contributed by atoms with Gasteiger partial charge in [0.1, 0.15) is 0 Å². The monoisotopic (exact) mass is 228 g/mol. The fraction of sp³-hybridized carbons (Fsp3) is 0.917. The lowest BCUT2D eigenvalue weighted by molar-refractivity contribution is -0.251. The Kier molecular flexibility index (Phi) is 3.50. The molecule has 1 atom stereocenters. The van der Waals surface area contributed by atoms with Crippen LogP contribution in [0, 0.1) is 5.92 Å². The third-order valence-corrected chi connectivity index (χ3v) is 3.44. The van der Waals surface area contributed by atoms with Crippen LogP contribution in [0.15, 0.2) is 0 Å². The van der Waals surface area contributed by atoms with Gasteiger partial charge in [-0.25, -0.2) is 0 Å². The second kappa shape index (κ2) is 4.72. The molecule has 0 radical (unpaired) electrons. The van der Waals surface area contributed by atoms with Crippen LogP contribution in [0.1, 0.15) is 39.0 Å². The summed E-state index contributed by atoms with van der Waals surface area (Å²) in [4.78, 5) is 11.3. The molecule has 1 saturated carbocycles. The van der Waals surface area contributed by atoms with Crippen LogP contribution in [0.3, 0.4) is 0 Å². The van der Waals surface area contributed by atoms with Crippen molar-refractivity contribution in [3.8, 4) is 0 Å². The van der Waals surface area contributed by atoms with E-state index in [0.717, 1.165) is 32.3 Å². The zero-order valence-electron chi connectivity index (χ0n) is 10.0. The first-order chi connectivity index (χ1) is 7.63. The molecule has 1 heterocycles. The molecule has 1 aliphatic heterocycles. The number of carbonyl (C=O) groups is 1. The van der Waals surface area contributed by atoms with E-state index in [1.54, 1.807) is 0 Å². The van der Waals surface area contributed by atoms with E-state index >= 15 is 0 Å².